The Kier molecular flexibility index (Phi) is 3.35. The van der Waals surface area contributed by atoms with E-state index in [2.05, 4.69) is 10.4 Å². The molecule has 1 amide bonds. The maximum Gasteiger partial charge on any atom is 0.267 e. The van der Waals surface area contributed by atoms with Gasteiger partial charge in [0, 0.05) is 16.7 Å². The molecule has 1 aliphatic heterocycles. The molecule has 1 aromatic heterocycles. The van der Waals surface area contributed by atoms with E-state index in [1.807, 2.05) is 61.9 Å². The average Bonchev–Trinajstić information content (AvgIpc) is 2.86. The maximum absolute atomic E-state index is 12.9. The lowest BCUT2D eigenvalue weighted by Gasteiger charge is -2.30. The number of hydrogen-bond donors (Lipinski definition) is 2. The third kappa shape index (κ3) is 2.47. The molecule has 0 spiro atoms. The number of carbonyl (C=O) groups excluding carboxylic acids is 1. The zero-order valence-corrected chi connectivity index (χ0v) is 14.6. The second-order valence-corrected chi connectivity index (χ2v) is 7.29. The van der Waals surface area contributed by atoms with E-state index in [0.717, 1.165) is 27.6 Å². The van der Waals surface area contributed by atoms with E-state index >= 15 is 0 Å². The minimum atomic E-state index is -0.470. The van der Waals surface area contributed by atoms with E-state index < -0.39 is 5.54 Å². The summed E-state index contributed by atoms with van der Waals surface area (Å²) in [5.41, 5.74) is 2.41. The number of H-pyrrole nitrogens is 1. The Bertz CT molecular complexity index is 1060. The van der Waals surface area contributed by atoms with Gasteiger partial charge in [-0.15, -0.1) is 0 Å². The van der Waals surface area contributed by atoms with Gasteiger partial charge in [0.15, 0.2) is 0 Å². The van der Waals surface area contributed by atoms with Crippen molar-refractivity contribution in [3.05, 3.63) is 57.9 Å². The predicted octanol–water partition coefficient (Wildman–Crippen LogP) is 3.08. The van der Waals surface area contributed by atoms with Crippen LogP contribution < -0.4 is 10.9 Å². The molecule has 0 atom stereocenters. The molecule has 0 aliphatic carbocycles. The second kappa shape index (κ2) is 5.34. The summed E-state index contributed by atoms with van der Waals surface area (Å²) in [5.74, 6) is -0.104. The number of fused-ring (bicyclic) bond motifs is 4. The third-order valence-corrected chi connectivity index (χ3v) is 4.81. The summed E-state index contributed by atoms with van der Waals surface area (Å²) >= 11 is 0. The number of nitrogens with zero attached hydrogens (tertiary/aromatic N) is 1. The molecule has 2 aromatic carbocycles. The van der Waals surface area contributed by atoms with Crippen LogP contribution in [0.3, 0.4) is 0 Å². The van der Waals surface area contributed by atoms with Gasteiger partial charge >= 0.3 is 0 Å². The number of carbonyl (C=O) groups is 1. The highest BCUT2D eigenvalue weighted by atomic mass is 16.2. The van der Waals surface area contributed by atoms with Crippen LogP contribution in [-0.4, -0.2) is 21.2 Å². The molecule has 5 heteroatoms. The lowest BCUT2D eigenvalue weighted by molar-refractivity contribution is 0.0902. The first-order valence-electron chi connectivity index (χ1n) is 8.57. The lowest BCUT2D eigenvalue weighted by atomic mass is 9.93. The Morgan fingerprint density at radius 2 is 1.72 bits per heavy atom. The van der Waals surface area contributed by atoms with Crippen molar-refractivity contribution in [1.29, 1.82) is 0 Å². The molecule has 4 rings (SSSR count). The van der Waals surface area contributed by atoms with E-state index in [9.17, 15) is 9.59 Å². The molecule has 0 radical (unpaired) electrons. The number of nitrogens with one attached hydrogen (secondary N) is 2. The fourth-order valence-electron chi connectivity index (χ4n) is 3.70. The van der Waals surface area contributed by atoms with Crippen molar-refractivity contribution in [2.45, 2.75) is 39.3 Å². The Labute approximate surface area is 145 Å². The van der Waals surface area contributed by atoms with Gasteiger partial charge < -0.3 is 5.32 Å². The first kappa shape index (κ1) is 15.7. The van der Waals surface area contributed by atoms with Gasteiger partial charge in [0.2, 0.25) is 0 Å². The summed E-state index contributed by atoms with van der Waals surface area (Å²) in [7, 11) is 0. The summed E-state index contributed by atoms with van der Waals surface area (Å²) < 4.78 is 1.88. The molecule has 2 heterocycles. The average molecular weight is 335 g/mol. The summed E-state index contributed by atoms with van der Waals surface area (Å²) in [6.45, 7) is 6.40. The summed E-state index contributed by atoms with van der Waals surface area (Å²) in [6.07, 6.45) is 0.617. The van der Waals surface area contributed by atoms with E-state index in [1.165, 1.54) is 0 Å². The van der Waals surface area contributed by atoms with Gasteiger partial charge in [-0.1, -0.05) is 31.2 Å². The topological polar surface area (TPSA) is 66.9 Å². The number of benzene rings is 2. The summed E-state index contributed by atoms with van der Waals surface area (Å²) in [4.78, 5) is 25.4. The Balaban J connectivity index is 2.12. The zero-order valence-electron chi connectivity index (χ0n) is 14.6. The zero-order chi connectivity index (χ0) is 17.8. The first-order chi connectivity index (χ1) is 11.9. The monoisotopic (exact) mass is 335 g/mol. The number of hydrogen-bond acceptors (Lipinski definition) is 2. The van der Waals surface area contributed by atoms with Gasteiger partial charge in [-0.25, -0.2) is 0 Å². The summed E-state index contributed by atoms with van der Waals surface area (Å²) in [5, 5.41) is 8.10. The summed E-state index contributed by atoms with van der Waals surface area (Å²) in [6, 6.07) is 11.9. The molecule has 1 aliphatic rings. The van der Waals surface area contributed by atoms with Crippen molar-refractivity contribution in [2.24, 2.45) is 0 Å². The Hall–Kier alpha value is -2.82. The van der Waals surface area contributed by atoms with Crippen LogP contribution in [0.15, 0.2) is 41.2 Å². The van der Waals surface area contributed by atoms with Crippen molar-refractivity contribution in [3.8, 4) is 11.3 Å². The SMILES string of the molecule is CCc1c2n([nH]c1=O)CC(C)(C)NC(=O)c1cc3ccccc3cc1-2. The number of aromatic nitrogens is 2. The predicted molar refractivity (Wildman–Crippen MR) is 98.9 cm³/mol. The van der Waals surface area contributed by atoms with Crippen LogP contribution in [0.25, 0.3) is 22.0 Å². The van der Waals surface area contributed by atoms with Gasteiger partial charge in [0.1, 0.15) is 0 Å². The number of rotatable bonds is 1. The molecule has 0 saturated heterocycles. The standard InChI is InChI=1S/C20H21N3O2/c1-4-14-17-15-9-12-7-5-6-8-13(12)10-16(15)18(24)21-20(2,3)11-23(17)22-19(14)25/h5-10H,4,11H2,1-3H3,(H,21,24)(H,22,25). The second-order valence-electron chi connectivity index (χ2n) is 7.29. The quantitative estimate of drug-likeness (QED) is 0.718. The van der Waals surface area contributed by atoms with E-state index in [4.69, 9.17) is 0 Å². The molecule has 0 fully saturated rings. The Morgan fingerprint density at radius 1 is 1.08 bits per heavy atom. The highest BCUT2D eigenvalue weighted by Crippen LogP contribution is 2.33. The third-order valence-electron chi connectivity index (χ3n) is 4.81. The van der Waals surface area contributed by atoms with E-state index in [1.54, 1.807) is 0 Å². The normalized spacial score (nSPS) is 15.9. The molecule has 3 aromatic rings. The largest absolute Gasteiger partial charge is 0.345 e. The number of amides is 1. The lowest BCUT2D eigenvalue weighted by Crippen LogP contribution is -2.48. The molecule has 0 bridgehead atoms. The molecule has 25 heavy (non-hydrogen) atoms. The Morgan fingerprint density at radius 3 is 2.36 bits per heavy atom. The van der Waals surface area contributed by atoms with Crippen LogP contribution in [0.1, 0.15) is 36.7 Å². The smallest absolute Gasteiger partial charge is 0.267 e. The highest BCUT2D eigenvalue weighted by molar-refractivity contribution is 6.06. The van der Waals surface area contributed by atoms with Crippen molar-refractivity contribution >= 4 is 16.7 Å². The van der Waals surface area contributed by atoms with E-state index in [-0.39, 0.29) is 11.5 Å². The minimum Gasteiger partial charge on any atom is -0.345 e. The van der Waals surface area contributed by atoms with Crippen LogP contribution in [0.5, 0.6) is 0 Å². The maximum atomic E-state index is 12.9. The van der Waals surface area contributed by atoms with Gasteiger partial charge in [0.25, 0.3) is 11.5 Å². The van der Waals surface area contributed by atoms with Crippen LogP contribution >= 0.6 is 0 Å². The first-order valence-corrected chi connectivity index (χ1v) is 8.57. The van der Waals surface area contributed by atoms with E-state index in [0.29, 0.717) is 18.5 Å². The van der Waals surface area contributed by atoms with Crippen molar-refractivity contribution in [1.82, 2.24) is 15.1 Å². The molecular weight excluding hydrogens is 314 g/mol. The van der Waals surface area contributed by atoms with Crippen LogP contribution in [0.4, 0.5) is 0 Å². The highest BCUT2D eigenvalue weighted by Gasteiger charge is 2.31. The van der Waals surface area contributed by atoms with Gasteiger partial charge in [-0.2, -0.15) is 0 Å². The van der Waals surface area contributed by atoms with Crippen LogP contribution in [-0.2, 0) is 13.0 Å². The van der Waals surface area contributed by atoms with Gasteiger partial charge in [-0.3, -0.25) is 19.4 Å². The molecule has 2 N–H and O–H groups in total. The molecule has 0 unspecified atom stereocenters. The minimum absolute atomic E-state index is 0.0817. The van der Waals surface area contributed by atoms with Crippen molar-refractivity contribution < 1.29 is 4.79 Å². The van der Waals surface area contributed by atoms with Crippen LogP contribution in [0, 0.1) is 0 Å². The van der Waals surface area contributed by atoms with Gasteiger partial charge in [-0.05, 0) is 43.2 Å². The number of aromatic amines is 1. The fraction of sp³-hybridized carbons (Fsp3) is 0.300. The molecule has 128 valence electrons. The van der Waals surface area contributed by atoms with Crippen molar-refractivity contribution in [3.63, 3.8) is 0 Å². The molecular formula is C20H21N3O2. The van der Waals surface area contributed by atoms with Gasteiger partial charge in [0.05, 0.1) is 17.8 Å². The molecule has 5 nitrogen and oxygen atoms in total. The van der Waals surface area contributed by atoms with Crippen LogP contribution in [0.2, 0.25) is 0 Å². The van der Waals surface area contributed by atoms with Crippen molar-refractivity contribution in [2.75, 3.05) is 0 Å². The molecule has 0 saturated carbocycles. The fourth-order valence-corrected chi connectivity index (χ4v) is 3.70.